The zero-order valence-corrected chi connectivity index (χ0v) is 10.1. The first kappa shape index (κ1) is 13.0. The molecule has 1 fully saturated rings. The number of nitrogens with two attached hydrogens (primary N) is 1. The molecule has 16 heavy (non-hydrogen) atoms. The molecule has 0 spiro atoms. The number of hydrogen-bond acceptors (Lipinski definition) is 3. The summed E-state index contributed by atoms with van der Waals surface area (Å²) in [6.07, 6.45) is 4.69. The van der Waals surface area contributed by atoms with Gasteiger partial charge in [0.1, 0.15) is 11.5 Å². The number of rotatable bonds is 3. The number of aromatic nitrogens is 2. The number of nitrogens with zero attached hydrogens (tertiary/aromatic N) is 1. The van der Waals surface area contributed by atoms with Crippen LogP contribution in [0, 0.1) is 6.92 Å². The summed E-state index contributed by atoms with van der Waals surface area (Å²) < 4.78 is 0. The predicted octanol–water partition coefficient (Wildman–Crippen LogP) is 0.751. The van der Waals surface area contributed by atoms with Gasteiger partial charge >= 0.3 is 0 Å². The number of carbonyl (C=O) groups is 1. The van der Waals surface area contributed by atoms with Gasteiger partial charge in [-0.15, -0.1) is 12.4 Å². The van der Waals surface area contributed by atoms with E-state index in [0.29, 0.717) is 12.2 Å². The molecule has 2 rings (SSSR count). The average molecular weight is 245 g/mol. The predicted molar refractivity (Wildman–Crippen MR) is 63.7 cm³/mol. The van der Waals surface area contributed by atoms with Crippen LogP contribution >= 0.6 is 12.4 Å². The van der Waals surface area contributed by atoms with E-state index < -0.39 is 0 Å². The number of hydrogen-bond donors (Lipinski definition) is 3. The van der Waals surface area contributed by atoms with Crippen LogP contribution in [-0.4, -0.2) is 28.0 Å². The molecule has 0 unspecified atom stereocenters. The molecule has 0 atom stereocenters. The molecule has 0 aliphatic heterocycles. The molecule has 1 aromatic heterocycles. The van der Waals surface area contributed by atoms with Crippen molar-refractivity contribution < 1.29 is 4.79 Å². The lowest BCUT2D eigenvalue weighted by Crippen LogP contribution is -2.54. The second-order valence-electron chi connectivity index (χ2n) is 4.28. The normalized spacial score (nSPS) is 17.1. The van der Waals surface area contributed by atoms with Gasteiger partial charge in [0.05, 0.1) is 6.20 Å². The van der Waals surface area contributed by atoms with Crippen LogP contribution < -0.4 is 11.1 Å². The highest BCUT2D eigenvalue weighted by atomic mass is 35.5. The lowest BCUT2D eigenvalue weighted by atomic mass is 9.78. The fourth-order valence-corrected chi connectivity index (χ4v) is 1.70. The standard InChI is InChI=1S/C10H16N4O.ClH/c1-7-12-5-8(14-7)9(15)13-6-10(11)3-2-4-10;/h5H,2-4,6,11H2,1H3,(H,12,14)(H,13,15);1H. The van der Waals surface area contributed by atoms with Gasteiger partial charge in [-0.2, -0.15) is 0 Å². The minimum absolute atomic E-state index is 0. The molecule has 0 bridgehead atoms. The highest BCUT2D eigenvalue weighted by Gasteiger charge is 2.32. The Labute approximate surface area is 101 Å². The summed E-state index contributed by atoms with van der Waals surface area (Å²) in [5.74, 6) is 0.610. The molecule has 1 amide bonds. The molecule has 5 nitrogen and oxygen atoms in total. The molecule has 1 aromatic rings. The first-order valence-corrected chi connectivity index (χ1v) is 5.18. The smallest absolute Gasteiger partial charge is 0.269 e. The van der Waals surface area contributed by atoms with Gasteiger partial charge in [0.15, 0.2) is 0 Å². The Balaban J connectivity index is 0.00000128. The third kappa shape index (κ3) is 2.74. The van der Waals surface area contributed by atoms with E-state index in [-0.39, 0.29) is 23.9 Å². The van der Waals surface area contributed by atoms with Crippen molar-refractivity contribution in [2.75, 3.05) is 6.54 Å². The molecule has 90 valence electrons. The lowest BCUT2D eigenvalue weighted by Gasteiger charge is -2.38. The van der Waals surface area contributed by atoms with E-state index in [1.165, 1.54) is 6.20 Å². The molecule has 0 aromatic carbocycles. The van der Waals surface area contributed by atoms with Gasteiger partial charge in [-0.05, 0) is 26.2 Å². The van der Waals surface area contributed by atoms with Gasteiger partial charge in [-0.1, -0.05) is 0 Å². The van der Waals surface area contributed by atoms with Crippen LogP contribution in [0.25, 0.3) is 0 Å². The summed E-state index contributed by atoms with van der Waals surface area (Å²) in [5.41, 5.74) is 6.31. The molecule has 1 saturated carbocycles. The van der Waals surface area contributed by atoms with Gasteiger partial charge in [0, 0.05) is 12.1 Å². The maximum atomic E-state index is 11.6. The Kier molecular flexibility index (Phi) is 3.93. The minimum Gasteiger partial charge on any atom is -0.349 e. The maximum absolute atomic E-state index is 11.6. The van der Waals surface area contributed by atoms with Crippen molar-refractivity contribution in [3.05, 3.63) is 17.7 Å². The summed E-state index contributed by atoms with van der Waals surface area (Å²) in [7, 11) is 0. The number of amides is 1. The maximum Gasteiger partial charge on any atom is 0.269 e. The van der Waals surface area contributed by atoms with Crippen LogP contribution in [0.3, 0.4) is 0 Å². The van der Waals surface area contributed by atoms with Crippen LogP contribution in [0.5, 0.6) is 0 Å². The van der Waals surface area contributed by atoms with E-state index in [9.17, 15) is 4.79 Å². The Bertz CT molecular complexity index is 373. The molecule has 1 heterocycles. The van der Waals surface area contributed by atoms with Crippen molar-refractivity contribution >= 4 is 18.3 Å². The number of aromatic amines is 1. The van der Waals surface area contributed by atoms with Crippen molar-refractivity contribution in [3.63, 3.8) is 0 Å². The molecule has 1 aliphatic rings. The van der Waals surface area contributed by atoms with Gasteiger partial charge < -0.3 is 16.0 Å². The van der Waals surface area contributed by atoms with Crippen molar-refractivity contribution in [3.8, 4) is 0 Å². The quantitative estimate of drug-likeness (QED) is 0.734. The topological polar surface area (TPSA) is 83.8 Å². The third-order valence-electron chi connectivity index (χ3n) is 2.90. The monoisotopic (exact) mass is 244 g/mol. The van der Waals surface area contributed by atoms with E-state index in [1.54, 1.807) is 0 Å². The summed E-state index contributed by atoms with van der Waals surface area (Å²) in [6.45, 7) is 2.36. The molecular weight excluding hydrogens is 228 g/mol. The highest BCUT2D eigenvalue weighted by Crippen LogP contribution is 2.28. The van der Waals surface area contributed by atoms with Crippen LogP contribution in [-0.2, 0) is 0 Å². The van der Waals surface area contributed by atoms with Crippen LogP contribution in [0.15, 0.2) is 6.20 Å². The number of carbonyl (C=O) groups excluding carboxylic acids is 1. The van der Waals surface area contributed by atoms with Crippen molar-refractivity contribution in [1.29, 1.82) is 0 Å². The number of aryl methyl sites for hydroxylation is 1. The lowest BCUT2D eigenvalue weighted by molar-refractivity contribution is 0.0925. The summed E-state index contributed by atoms with van der Waals surface area (Å²) in [6, 6.07) is 0. The number of halogens is 1. The Morgan fingerprint density at radius 1 is 1.69 bits per heavy atom. The van der Waals surface area contributed by atoms with Gasteiger partial charge in [0.2, 0.25) is 0 Å². The van der Waals surface area contributed by atoms with E-state index in [2.05, 4.69) is 15.3 Å². The van der Waals surface area contributed by atoms with Gasteiger partial charge in [-0.3, -0.25) is 4.79 Å². The van der Waals surface area contributed by atoms with E-state index in [0.717, 1.165) is 25.1 Å². The summed E-state index contributed by atoms with van der Waals surface area (Å²) in [4.78, 5) is 18.5. The molecular formula is C10H17ClN4O. The fraction of sp³-hybridized carbons (Fsp3) is 0.600. The minimum atomic E-state index is -0.176. The number of H-pyrrole nitrogens is 1. The van der Waals surface area contributed by atoms with Crippen LogP contribution in [0.2, 0.25) is 0 Å². The zero-order valence-electron chi connectivity index (χ0n) is 9.25. The first-order valence-electron chi connectivity index (χ1n) is 5.18. The third-order valence-corrected chi connectivity index (χ3v) is 2.90. The molecule has 1 aliphatic carbocycles. The summed E-state index contributed by atoms with van der Waals surface area (Å²) in [5, 5.41) is 2.82. The number of imidazole rings is 1. The summed E-state index contributed by atoms with van der Waals surface area (Å²) >= 11 is 0. The van der Waals surface area contributed by atoms with Gasteiger partial charge in [-0.25, -0.2) is 4.98 Å². The highest BCUT2D eigenvalue weighted by molar-refractivity contribution is 5.92. The van der Waals surface area contributed by atoms with Crippen molar-refractivity contribution in [2.24, 2.45) is 5.73 Å². The largest absolute Gasteiger partial charge is 0.349 e. The molecule has 0 saturated heterocycles. The van der Waals surface area contributed by atoms with E-state index in [1.807, 2.05) is 6.92 Å². The van der Waals surface area contributed by atoms with Crippen molar-refractivity contribution in [1.82, 2.24) is 15.3 Å². The Hall–Kier alpha value is -1.07. The van der Waals surface area contributed by atoms with Crippen LogP contribution in [0.1, 0.15) is 35.6 Å². The fourth-order valence-electron chi connectivity index (χ4n) is 1.70. The van der Waals surface area contributed by atoms with Crippen LogP contribution in [0.4, 0.5) is 0 Å². The molecule has 4 N–H and O–H groups in total. The first-order chi connectivity index (χ1) is 7.09. The molecule has 0 radical (unpaired) electrons. The van der Waals surface area contributed by atoms with E-state index >= 15 is 0 Å². The Morgan fingerprint density at radius 3 is 2.81 bits per heavy atom. The SMILES string of the molecule is Cc1ncc(C(=O)NCC2(N)CCC2)[nH]1.Cl. The molecule has 6 heteroatoms. The number of nitrogens with one attached hydrogen (secondary N) is 2. The zero-order chi connectivity index (χ0) is 10.9. The van der Waals surface area contributed by atoms with E-state index in [4.69, 9.17) is 5.73 Å². The van der Waals surface area contributed by atoms with Gasteiger partial charge in [0.25, 0.3) is 5.91 Å². The van der Waals surface area contributed by atoms with Crippen molar-refractivity contribution in [2.45, 2.75) is 31.7 Å². The average Bonchev–Trinajstić information content (AvgIpc) is 2.58. The second kappa shape index (κ2) is 4.84. The second-order valence-corrected chi connectivity index (χ2v) is 4.28. The Morgan fingerprint density at radius 2 is 2.38 bits per heavy atom.